The van der Waals surface area contributed by atoms with Crippen molar-refractivity contribution in [1.82, 2.24) is 14.9 Å². The minimum atomic E-state index is -3.85. The van der Waals surface area contributed by atoms with E-state index in [0.29, 0.717) is 22.9 Å². The molecule has 0 fully saturated rings. The summed E-state index contributed by atoms with van der Waals surface area (Å²) in [5.41, 5.74) is 1.75. The number of anilines is 1. The van der Waals surface area contributed by atoms with Crippen molar-refractivity contribution in [3.05, 3.63) is 48.5 Å². The van der Waals surface area contributed by atoms with Crippen LogP contribution in [0.1, 0.15) is 13.8 Å². The summed E-state index contributed by atoms with van der Waals surface area (Å²) in [4.78, 5) is 28.9. The van der Waals surface area contributed by atoms with Crippen molar-refractivity contribution in [2.24, 2.45) is 5.14 Å². The Balaban J connectivity index is 1.74. The molecule has 0 spiro atoms. The van der Waals surface area contributed by atoms with E-state index in [9.17, 15) is 18.0 Å². The van der Waals surface area contributed by atoms with Gasteiger partial charge in [0.25, 0.3) is 0 Å². The predicted octanol–water partition coefficient (Wildman–Crippen LogP) is 2.53. The molecule has 1 heterocycles. The average molecular weight is 448 g/mol. The highest BCUT2D eigenvalue weighted by Gasteiger charge is 2.21. The van der Waals surface area contributed by atoms with E-state index in [1.807, 2.05) is 17.6 Å². The first kappa shape index (κ1) is 21.8. The molecule has 0 aliphatic heterocycles. The number of nitrogens with one attached hydrogen (secondary N) is 2. The van der Waals surface area contributed by atoms with Crippen LogP contribution in [0, 0.1) is 0 Å². The number of imidazole rings is 1. The standard InChI is InChI=1S/C19H21N5O4S2/c1-3-24-16-10-9-14(30(20,27)28)11-15(16)22-19(24)29-12(2)17(25)23-18(26)21-13-7-5-4-6-8-13/h4-12H,3H2,1-2H3,(H2,20,27,28)(H2,21,23,25,26). The van der Waals surface area contributed by atoms with Gasteiger partial charge in [-0.15, -0.1) is 0 Å². The fourth-order valence-corrected chi connectivity index (χ4v) is 4.29. The highest BCUT2D eigenvalue weighted by Crippen LogP contribution is 2.28. The van der Waals surface area contributed by atoms with Crippen molar-refractivity contribution in [1.29, 1.82) is 0 Å². The number of nitrogens with two attached hydrogens (primary N) is 1. The number of hydrogen-bond acceptors (Lipinski definition) is 6. The van der Waals surface area contributed by atoms with Gasteiger partial charge in [0.1, 0.15) is 0 Å². The molecular weight excluding hydrogens is 426 g/mol. The molecule has 1 unspecified atom stereocenters. The summed E-state index contributed by atoms with van der Waals surface area (Å²) in [5.74, 6) is -0.478. The van der Waals surface area contributed by atoms with Crippen LogP contribution in [-0.4, -0.2) is 35.2 Å². The number of para-hydroxylation sites is 1. The number of urea groups is 1. The molecule has 3 amide bonds. The highest BCUT2D eigenvalue weighted by atomic mass is 32.2. The molecule has 9 nitrogen and oxygen atoms in total. The number of amides is 3. The van der Waals surface area contributed by atoms with Gasteiger partial charge in [-0.05, 0) is 44.2 Å². The number of sulfonamides is 1. The Morgan fingerprint density at radius 3 is 2.53 bits per heavy atom. The van der Waals surface area contributed by atoms with Crippen LogP contribution in [0.2, 0.25) is 0 Å². The molecule has 3 aromatic rings. The molecule has 0 saturated carbocycles. The largest absolute Gasteiger partial charge is 0.325 e. The second-order valence-electron chi connectivity index (χ2n) is 6.40. The lowest BCUT2D eigenvalue weighted by molar-refractivity contribution is -0.119. The summed E-state index contributed by atoms with van der Waals surface area (Å²) in [6.07, 6.45) is 0. The molecule has 1 atom stereocenters. The molecule has 4 N–H and O–H groups in total. The third kappa shape index (κ3) is 4.99. The molecule has 158 valence electrons. The van der Waals surface area contributed by atoms with E-state index >= 15 is 0 Å². The van der Waals surface area contributed by atoms with Gasteiger partial charge in [0.05, 0.1) is 21.2 Å². The van der Waals surface area contributed by atoms with Gasteiger partial charge >= 0.3 is 6.03 Å². The second kappa shape index (κ2) is 8.86. The number of rotatable bonds is 6. The van der Waals surface area contributed by atoms with E-state index in [4.69, 9.17) is 5.14 Å². The molecule has 0 saturated heterocycles. The second-order valence-corrected chi connectivity index (χ2v) is 9.27. The van der Waals surface area contributed by atoms with Gasteiger partial charge in [-0.1, -0.05) is 30.0 Å². The van der Waals surface area contributed by atoms with Crippen LogP contribution in [0.25, 0.3) is 11.0 Å². The number of hydrogen-bond donors (Lipinski definition) is 3. The van der Waals surface area contributed by atoms with Crippen molar-refractivity contribution >= 4 is 50.4 Å². The zero-order valence-corrected chi connectivity index (χ0v) is 18.0. The lowest BCUT2D eigenvalue weighted by atomic mass is 10.3. The third-order valence-corrected chi connectivity index (χ3v) is 6.25. The number of carbonyl (C=O) groups is 2. The topological polar surface area (TPSA) is 136 Å². The lowest BCUT2D eigenvalue weighted by Gasteiger charge is -2.12. The Bertz CT molecular complexity index is 1190. The van der Waals surface area contributed by atoms with Crippen LogP contribution < -0.4 is 15.8 Å². The first-order chi connectivity index (χ1) is 14.2. The van der Waals surface area contributed by atoms with Crippen LogP contribution in [-0.2, 0) is 21.4 Å². The molecule has 11 heteroatoms. The van der Waals surface area contributed by atoms with Gasteiger partial charge in [-0.25, -0.2) is 23.3 Å². The number of benzene rings is 2. The Kier molecular flexibility index (Phi) is 6.44. The van der Waals surface area contributed by atoms with Gasteiger partial charge < -0.3 is 9.88 Å². The summed E-state index contributed by atoms with van der Waals surface area (Å²) < 4.78 is 25.0. The number of aryl methyl sites for hydroxylation is 1. The molecular formula is C19H21N5O4S2. The molecule has 0 radical (unpaired) electrons. The number of carbonyl (C=O) groups excluding carboxylic acids is 2. The number of fused-ring (bicyclic) bond motifs is 1. The fourth-order valence-electron chi connectivity index (χ4n) is 2.77. The predicted molar refractivity (Wildman–Crippen MR) is 116 cm³/mol. The quantitative estimate of drug-likeness (QED) is 0.497. The average Bonchev–Trinajstić information content (AvgIpc) is 3.03. The van der Waals surface area contributed by atoms with Gasteiger partial charge in [-0.2, -0.15) is 0 Å². The molecule has 0 bridgehead atoms. The summed E-state index contributed by atoms with van der Waals surface area (Å²) in [7, 11) is -3.85. The van der Waals surface area contributed by atoms with Gasteiger partial charge in [0.2, 0.25) is 15.9 Å². The van der Waals surface area contributed by atoms with Gasteiger partial charge in [0.15, 0.2) is 5.16 Å². The van der Waals surface area contributed by atoms with Crippen LogP contribution in [0.5, 0.6) is 0 Å². The van der Waals surface area contributed by atoms with Crippen LogP contribution >= 0.6 is 11.8 Å². The maximum Gasteiger partial charge on any atom is 0.325 e. The Morgan fingerprint density at radius 2 is 1.90 bits per heavy atom. The summed E-state index contributed by atoms with van der Waals surface area (Å²) in [5, 5.41) is 9.99. The normalized spacial score (nSPS) is 12.5. The van der Waals surface area contributed by atoms with Gasteiger partial charge in [0, 0.05) is 12.2 Å². The summed E-state index contributed by atoms with van der Waals surface area (Å²) in [6.45, 7) is 4.14. The smallest absolute Gasteiger partial charge is 0.319 e. The van der Waals surface area contributed by atoms with Crippen molar-refractivity contribution < 1.29 is 18.0 Å². The Morgan fingerprint density at radius 1 is 1.20 bits per heavy atom. The molecule has 0 aliphatic carbocycles. The number of nitrogens with zero attached hydrogens (tertiary/aromatic N) is 2. The maximum absolute atomic E-state index is 12.4. The summed E-state index contributed by atoms with van der Waals surface area (Å²) >= 11 is 1.17. The highest BCUT2D eigenvalue weighted by molar-refractivity contribution is 8.00. The number of thioether (sulfide) groups is 1. The molecule has 30 heavy (non-hydrogen) atoms. The van der Waals surface area contributed by atoms with Crippen LogP contribution in [0.3, 0.4) is 0 Å². The molecule has 1 aromatic heterocycles. The van der Waals surface area contributed by atoms with E-state index < -0.39 is 27.2 Å². The maximum atomic E-state index is 12.4. The Hall–Kier alpha value is -2.89. The monoisotopic (exact) mass is 447 g/mol. The zero-order valence-electron chi connectivity index (χ0n) is 16.3. The van der Waals surface area contributed by atoms with Crippen molar-refractivity contribution in [2.45, 2.75) is 35.7 Å². The van der Waals surface area contributed by atoms with Crippen molar-refractivity contribution in [3.63, 3.8) is 0 Å². The van der Waals surface area contributed by atoms with E-state index in [2.05, 4.69) is 15.6 Å². The van der Waals surface area contributed by atoms with Crippen molar-refractivity contribution in [3.8, 4) is 0 Å². The Labute approximate surface area is 178 Å². The van der Waals surface area contributed by atoms with Crippen LogP contribution in [0.4, 0.5) is 10.5 Å². The van der Waals surface area contributed by atoms with E-state index in [-0.39, 0.29) is 4.90 Å². The zero-order chi connectivity index (χ0) is 21.9. The number of primary sulfonamides is 1. The van der Waals surface area contributed by atoms with E-state index in [0.717, 1.165) is 5.52 Å². The van der Waals surface area contributed by atoms with E-state index in [1.54, 1.807) is 37.3 Å². The molecule has 3 rings (SSSR count). The molecule has 2 aromatic carbocycles. The molecule has 0 aliphatic rings. The fraction of sp³-hybridized carbons (Fsp3) is 0.211. The number of aromatic nitrogens is 2. The minimum absolute atomic E-state index is 0.0318. The van der Waals surface area contributed by atoms with Crippen molar-refractivity contribution in [2.75, 3.05) is 5.32 Å². The first-order valence-electron chi connectivity index (χ1n) is 9.05. The van der Waals surface area contributed by atoms with E-state index in [1.165, 1.54) is 23.9 Å². The number of imide groups is 1. The minimum Gasteiger partial charge on any atom is -0.319 e. The lowest BCUT2D eigenvalue weighted by Crippen LogP contribution is -2.38. The third-order valence-electron chi connectivity index (χ3n) is 4.25. The summed E-state index contributed by atoms with van der Waals surface area (Å²) in [6, 6.07) is 12.6. The van der Waals surface area contributed by atoms with Gasteiger partial charge in [-0.3, -0.25) is 10.1 Å². The van der Waals surface area contributed by atoms with Crippen LogP contribution in [0.15, 0.2) is 58.6 Å². The SMILES string of the molecule is CCn1c(SC(C)C(=O)NC(=O)Nc2ccccc2)nc2cc(S(N)(=O)=O)ccc21. The first-order valence-corrected chi connectivity index (χ1v) is 11.5.